The van der Waals surface area contributed by atoms with E-state index in [0.717, 1.165) is 6.42 Å². The highest BCUT2D eigenvalue weighted by atomic mass is 16.2. The van der Waals surface area contributed by atoms with Gasteiger partial charge in [-0.25, -0.2) is 0 Å². The molecule has 0 radical (unpaired) electrons. The number of likely N-dealkylation sites (N-methyl/N-ethyl adjacent to an activating group) is 1. The van der Waals surface area contributed by atoms with Crippen molar-refractivity contribution in [1.29, 1.82) is 0 Å². The van der Waals surface area contributed by atoms with Gasteiger partial charge in [-0.1, -0.05) is 0 Å². The largest absolute Gasteiger partial charge is 0.357 e. The van der Waals surface area contributed by atoms with E-state index in [1.165, 1.54) is 6.92 Å². The van der Waals surface area contributed by atoms with Gasteiger partial charge in [0.15, 0.2) is 0 Å². The molecule has 1 aliphatic rings. The lowest BCUT2D eigenvalue weighted by atomic mass is 10.2. The van der Waals surface area contributed by atoms with E-state index in [1.54, 1.807) is 18.9 Å². The Balaban J connectivity index is 2.67. The summed E-state index contributed by atoms with van der Waals surface area (Å²) in [4.78, 5) is 36.0. The maximum Gasteiger partial charge on any atom is 0.245 e. The summed E-state index contributed by atoms with van der Waals surface area (Å²) in [5.41, 5.74) is 0. The average molecular weight is 241 g/mol. The molecule has 2 N–H and O–H groups in total. The Labute approximate surface area is 101 Å². The highest BCUT2D eigenvalue weighted by molar-refractivity contribution is 5.91. The molecule has 0 aromatic carbocycles. The fourth-order valence-corrected chi connectivity index (χ4v) is 2.09. The van der Waals surface area contributed by atoms with Crippen LogP contribution in [0.25, 0.3) is 0 Å². The lowest BCUT2D eigenvalue weighted by molar-refractivity contribution is -0.140. The van der Waals surface area contributed by atoms with Crippen LogP contribution in [-0.2, 0) is 14.4 Å². The third kappa shape index (κ3) is 3.18. The summed E-state index contributed by atoms with van der Waals surface area (Å²) in [6.07, 6.45) is 1.49. The van der Waals surface area contributed by atoms with Crippen molar-refractivity contribution in [3.05, 3.63) is 0 Å². The van der Waals surface area contributed by atoms with E-state index in [9.17, 15) is 14.4 Å². The van der Waals surface area contributed by atoms with E-state index < -0.39 is 12.1 Å². The van der Waals surface area contributed by atoms with Crippen LogP contribution in [0.2, 0.25) is 0 Å². The smallest absolute Gasteiger partial charge is 0.245 e. The number of hydrogen-bond donors (Lipinski definition) is 2. The van der Waals surface area contributed by atoms with Crippen LogP contribution in [0.3, 0.4) is 0 Å². The maximum atomic E-state index is 12.0. The minimum Gasteiger partial charge on any atom is -0.357 e. The number of nitrogens with zero attached hydrogens (tertiary/aromatic N) is 1. The van der Waals surface area contributed by atoms with Gasteiger partial charge in [0.2, 0.25) is 17.7 Å². The van der Waals surface area contributed by atoms with Crippen molar-refractivity contribution in [3.63, 3.8) is 0 Å². The zero-order valence-corrected chi connectivity index (χ0v) is 10.4. The van der Waals surface area contributed by atoms with Crippen LogP contribution in [0.4, 0.5) is 0 Å². The van der Waals surface area contributed by atoms with Crippen LogP contribution >= 0.6 is 0 Å². The molecule has 0 aliphatic carbocycles. The van der Waals surface area contributed by atoms with Crippen LogP contribution in [0.15, 0.2) is 0 Å². The van der Waals surface area contributed by atoms with Crippen molar-refractivity contribution < 1.29 is 14.4 Å². The zero-order chi connectivity index (χ0) is 13.0. The molecule has 2 atom stereocenters. The molecule has 3 amide bonds. The highest BCUT2D eigenvalue weighted by Crippen LogP contribution is 2.18. The minimum absolute atomic E-state index is 0.147. The molecule has 0 saturated carbocycles. The third-order valence-corrected chi connectivity index (χ3v) is 2.88. The summed E-state index contributed by atoms with van der Waals surface area (Å²) in [6.45, 7) is 3.56. The summed E-state index contributed by atoms with van der Waals surface area (Å²) in [5, 5.41) is 5.09. The number of carbonyl (C=O) groups excluding carboxylic acids is 3. The number of rotatable bonds is 3. The normalized spacial score (nSPS) is 20.9. The molecule has 96 valence electrons. The van der Waals surface area contributed by atoms with Gasteiger partial charge in [0, 0.05) is 20.5 Å². The van der Waals surface area contributed by atoms with E-state index in [0.29, 0.717) is 13.0 Å². The first-order valence-electron chi connectivity index (χ1n) is 5.76. The lowest BCUT2D eigenvalue weighted by Gasteiger charge is -2.26. The topological polar surface area (TPSA) is 78.5 Å². The summed E-state index contributed by atoms with van der Waals surface area (Å²) in [7, 11) is 1.56. The second-order valence-corrected chi connectivity index (χ2v) is 4.23. The van der Waals surface area contributed by atoms with Crippen LogP contribution in [0, 0.1) is 0 Å². The van der Waals surface area contributed by atoms with Gasteiger partial charge in [-0.2, -0.15) is 0 Å². The Morgan fingerprint density at radius 2 is 2.00 bits per heavy atom. The van der Waals surface area contributed by atoms with Gasteiger partial charge >= 0.3 is 0 Å². The summed E-state index contributed by atoms with van der Waals surface area (Å²) in [6, 6.07) is -0.985. The van der Waals surface area contributed by atoms with E-state index in [-0.39, 0.29) is 17.7 Å². The molecule has 0 aromatic heterocycles. The molecular weight excluding hydrogens is 222 g/mol. The molecule has 6 nitrogen and oxygen atoms in total. The predicted molar refractivity (Wildman–Crippen MR) is 62.1 cm³/mol. The Morgan fingerprint density at radius 3 is 2.53 bits per heavy atom. The minimum atomic E-state index is -0.585. The maximum absolute atomic E-state index is 12.0. The molecule has 0 aromatic rings. The fourth-order valence-electron chi connectivity index (χ4n) is 2.09. The van der Waals surface area contributed by atoms with Crippen LogP contribution in [0.5, 0.6) is 0 Å². The van der Waals surface area contributed by atoms with Crippen molar-refractivity contribution in [2.75, 3.05) is 13.6 Å². The van der Waals surface area contributed by atoms with Crippen molar-refractivity contribution in [1.82, 2.24) is 15.5 Å². The molecular formula is C11H19N3O3. The van der Waals surface area contributed by atoms with Gasteiger partial charge in [0.05, 0.1) is 0 Å². The van der Waals surface area contributed by atoms with Crippen molar-refractivity contribution in [3.8, 4) is 0 Å². The monoisotopic (exact) mass is 241 g/mol. The van der Waals surface area contributed by atoms with Crippen LogP contribution < -0.4 is 10.6 Å². The highest BCUT2D eigenvalue weighted by Gasteiger charge is 2.35. The van der Waals surface area contributed by atoms with Gasteiger partial charge in [-0.05, 0) is 19.8 Å². The SMILES string of the molecule is CNC(=O)C1CCCN1C(=O)C(C)NC(C)=O. The van der Waals surface area contributed by atoms with Crippen molar-refractivity contribution in [2.24, 2.45) is 0 Å². The van der Waals surface area contributed by atoms with Crippen LogP contribution in [0.1, 0.15) is 26.7 Å². The molecule has 2 unspecified atom stereocenters. The molecule has 0 spiro atoms. The molecule has 1 aliphatic heterocycles. The molecule has 1 saturated heterocycles. The zero-order valence-electron chi connectivity index (χ0n) is 10.4. The Hall–Kier alpha value is -1.59. The summed E-state index contributed by atoms with van der Waals surface area (Å²) < 4.78 is 0. The third-order valence-electron chi connectivity index (χ3n) is 2.88. The van der Waals surface area contributed by atoms with Crippen molar-refractivity contribution >= 4 is 17.7 Å². The molecule has 0 bridgehead atoms. The first-order chi connectivity index (χ1) is 7.97. The Bertz CT molecular complexity index is 330. The summed E-state index contributed by atoms with van der Waals surface area (Å²) >= 11 is 0. The number of likely N-dealkylation sites (tertiary alicyclic amines) is 1. The average Bonchev–Trinajstić information content (AvgIpc) is 2.74. The van der Waals surface area contributed by atoms with Gasteiger partial charge in [0.25, 0.3) is 0 Å². The second-order valence-electron chi connectivity index (χ2n) is 4.23. The molecule has 6 heteroatoms. The lowest BCUT2D eigenvalue weighted by Crippen LogP contribution is -2.51. The molecule has 1 fully saturated rings. The first-order valence-corrected chi connectivity index (χ1v) is 5.76. The van der Waals surface area contributed by atoms with E-state index in [1.807, 2.05) is 0 Å². The number of nitrogens with one attached hydrogen (secondary N) is 2. The van der Waals surface area contributed by atoms with Gasteiger partial charge in [0.1, 0.15) is 12.1 Å². The second kappa shape index (κ2) is 5.65. The fraction of sp³-hybridized carbons (Fsp3) is 0.727. The van der Waals surface area contributed by atoms with E-state index in [4.69, 9.17) is 0 Å². The van der Waals surface area contributed by atoms with Crippen molar-refractivity contribution in [2.45, 2.75) is 38.8 Å². The molecule has 17 heavy (non-hydrogen) atoms. The van der Waals surface area contributed by atoms with Crippen LogP contribution in [-0.4, -0.2) is 48.3 Å². The van der Waals surface area contributed by atoms with Gasteiger partial charge in [-0.15, -0.1) is 0 Å². The van der Waals surface area contributed by atoms with Gasteiger partial charge in [-0.3, -0.25) is 14.4 Å². The van der Waals surface area contributed by atoms with Gasteiger partial charge < -0.3 is 15.5 Å². The number of hydrogen-bond acceptors (Lipinski definition) is 3. The Kier molecular flexibility index (Phi) is 4.48. The molecule has 1 heterocycles. The number of carbonyl (C=O) groups is 3. The Morgan fingerprint density at radius 1 is 1.35 bits per heavy atom. The first kappa shape index (κ1) is 13.5. The molecule has 1 rings (SSSR count). The standard InChI is InChI=1S/C11H19N3O3/c1-7(13-8(2)15)11(17)14-6-4-5-9(14)10(16)12-3/h7,9H,4-6H2,1-3H3,(H,12,16)(H,13,15). The number of amides is 3. The predicted octanol–water partition coefficient (Wildman–Crippen LogP) is -0.752. The summed E-state index contributed by atoms with van der Waals surface area (Å²) in [5.74, 6) is -0.598. The van der Waals surface area contributed by atoms with E-state index in [2.05, 4.69) is 10.6 Å². The van der Waals surface area contributed by atoms with E-state index >= 15 is 0 Å². The quantitative estimate of drug-likeness (QED) is 0.682.